The lowest BCUT2D eigenvalue weighted by Gasteiger charge is -2.32. The maximum Gasteiger partial charge on any atom is 0.316 e. The summed E-state index contributed by atoms with van der Waals surface area (Å²) in [5.74, 6) is 1.65. The third-order valence-electron chi connectivity index (χ3n) is 9.87. The van der Waals surface area contributed by atoms with Crippen molar-refractivity contribution in [2.75, 3.05) is 24.7 Å². The molecule has 0 aliphatic carbocycles. The standard InChI is InChI=1S/C46H64N2O3S/c1-2-3-4-5-6-7-8-9-10-11-12-13-14-15-16-25-36-50-38-43(51-45-47-34-26-35-48-45)39-52-37-33-40-27-23-24-32-44(40)46(49,41-28-19-17-20-29-41)42-30-21-18-22-31-42/h17-24,26-32,34-35,43,49H,2-16,25,33,36-39H2,1H3. The van der Waals surface area contributed by atoms with Crippen LogP contribution in [0.25, 0.3) is 0 Å². The molecule has 0 spiro atoms. The smallest absolute Gasteiger partial charge is 0.316 e. The molecule has 4 aromatic rings. The number of nitrogens with zero attached hydrogens (tertiary/aromatic N) is 2. The number of aromatic nitrogens is 2. The van der Waals surface area contributed by atoms with Crippen LogP contribution in [0.2, 0.25) is 0 Å². The van der Waals surface area contributed by atoms with E-state index in [1.807, 2.05) is 78.5 Å². The van der Waals surface area contributed by atoms with E-state index < -0.39 is 5.60 Å². The van der Waals surface area contributed by atoms with Crippen molar-refractivity contribution >= 4 is 11.8 Å². The normalized spacial score (nSPS) is 12.2. The van der Waals surface area contributed by atoms with Crippen molar-refractivity contribution in [1.29, 1.82) is 0 Å². The molecule has 0 fully saturated rings. The molecule has 1 aromatic heterocycles. The fourth-order valence-corrected chi connectivity index (χ4v) is 7.86. The molecule has 0 saturated heterocycles. The second kappa shape index (κ2) is 25.7. The minimum Gasteiger partial charge on any atom is -0.457 e. The fourth-order valence-electron chi connectivity index (χ4n) is 6.90. The van der Waals surface area contributed by atoms with Crippen LogP contribution in [0, 0.1) is 0 Å². The van der Waals surface area contributed by atoms with Crippen molar-refractivity contribution in [3.8, 4) is 6.01 Å². The van der Waals surface area contributed by atoms with Crippen molar-refractivity contribution in [2.45, 2.75) is 128 Å². The molecule has 1 N–H and O–H groups in total. The Morgan fingerprint density at radius 2 is 1.12 bits per heavy atom. The Bertz CT molecular complexity index is 1400. The van der Waals surface area contributed by atoms with Crippen LogP contribution in [-0.4, -0.2) is 45.9 Å². The third kappa shape index (κ3) is 15.0. The molecule has 0 radical (unpaired) electrons. The van der Waals surface area contributed by atoms with Crippen LogP contribution in [0.5, 0.6) is 6.01 Å². The minimum atomic E-state index is -1.25. The van der Waals surface area contributed by atoms with Crippen molar-refractivity contribution in [3.05, 3.63) is 126 Å². The van der Waals surface area contributed by atoms with Crippen LogP contribution in [-0.2, 0) is 16.8 Å². The number of hydrogen-bond donors (Lipinski definition) is 1. The molecule has 0 saturated carbocycles. The van der Waals surface area contributed by atoms with Gasteiger partial charge in [-0.25, -0.2) is 9.97 Å². The van der Waals surface area contributed by atoms with Crippen LogP contribution >= 0.6 is 11.8 Å². The molecule has 4 rings (SSSR count). The van der Waals surface area contributed by atoms with E-state index in [0.29, 0.717) is 12.6 Å². The van der Waals surface area contributed by atoms with Gasteiger partial charge in [-0.1, -0.05) is 188 Å². The van der Waals surface area contributed by atoms with Gasteiger partial charge >= 0.3 is 6.01 Å². The SMILES string of the molecule is CCCCCCCCCCCCCCCCCCOCC(CSCCc1ccccc1C(O)(c1ccccc1)c1ccccc1)Oc1ncccn1. The highest BCUT2D eigenvalue weighted by Gasteiger charge is 2.35. The predicted octanol–water partition coefficient (Wildman–Crippen LogP) is 11.8. The number of benzene rings is 3. The number of hydrogen-bond acceptors (Lipinski definition) is 6. The van der Waals surface area contributed by atoms with E-state index >= 15 is 0 Å². The first kappa shape index (κ1) is 41.6. The number of rotatable bonds is 29. The molecule has 1 heterocycles. The first-order chi connectivity index (χ1) is 25.7. The van der Waals surface area contributed by atoms with E-state index in [1.165, 1.54) is 96.3 Å². The van der Waals surface area contributed by atoms with Crippen molar-refractivity contribution in [2.24, 2.45) is 0 Å². The van der Waals surface area contributed by atoms with E-state index in [-0.39, 0.29) is 6.10 Å². The highest BCUT2D eigenvalue weighted by molar-refractivity contribution is 7.99. The summed E-state index contributed by atoms with van der Waals surface area (Å²) >= 11 is 1.83. The van der Waals surface area contributed by atoms with Gasteiger partial charge in [0.25, 0.3) is 0 Å². The van der Waals surface area contributed by atoms with E-state index in [0.717, 1.165) is 53.2 Å². The first-order valence-corrected chi connectivity index (χ1v) is 21.4. The Labute approximate surface area is 319 Å². The molecule has 52 heavy (non-hydrogen) atoms. The van der Waals surface area contributed by atoms with Gasteiger partial charge in [-0.3, -0.25) is 0 Å². The minimum absolute atomic E-state index is 0.144. The van der Waals surface area contributed by atoms with Gasteiger partial charge in [-0.05, 0) is 46.9 Å². The fraction of sp³-hybridized carbons (Fsp3) is 0.522. The predicted molar refractivity (Wildman–Crippen MR) is 219 cm³/mol. The molecule has 282 valence electrons. The molecular weight excluding hydrogens is 661 g/mol. The lowest BCUT2D eigenvalue weighted by molar-refractivity contribution is 0.0542. The molecule has 0 aliphatic heterocycles. The van der Waals surface area contributed by atoms with Gasteiger partial charge in [-0.2, -0.15) is 11.8 Å². The van der Waals surface area contributed by atoms with E-state index in [4.69, 9.17) is 9.47 Å². The number of ether oxygens (including phenoxy) is 2. The largest absolute Gasteiger partial charge is 0.457 e. The Morgan fingerprint density at radius 3 is 1.67 bits per heavy atom. The Balaban J connectivity index is 1.16. The van der Waals surface area contributed by atoms with Gasteiger partial charge in [0.2, 0.25) is 0 Å². The lowest BCUT2D eigenvalue weighted by Crippen LogP contribution is -2.30. The summed E-state index contributed by atoms with van der Waals surface area (Å²) in [4.78, 5) is 8.59. The van der Waals surface area contributed by atoms with Crippen LogP contribution in [0.1, 0.15) is 132 Å². The Hall–Kier alpha value is -3.19. The second-order valence-electron chi connectivity index (χ2n) is 14.1. The van der Waals surface area contributed by atoms with E-state index in [1.54, 1.807) is 18.5 Å². The topological polar surface area (TPSA) is 64.5 Å². The molecular formula is C46H64N2O3S. The zero-order valence-electron chi connectivity index (χ0n) is 31.8. The molecule has 6 heteroatoms. The summed E-state index contributed by atoms with van der Waals surface area (Å²) in [5, 5.41) is 12.4. The van der Waals surface area contributed by atoms with Crippen LogP contribution in [0.3, 0.4) is 0 Å². The van der Waals surface area contributed by atoms with Crippen LogP contribution in [0.4, 0.5) is 0 Å². The zero-order chi connectivity index (χ0) is 36.4. The molecule has 0 bridgehead atoms. The summed E-state index contributed by atoms with van der Waals surface area (Å²) < 4.78 is 12.3. The van der Waals surface area contributed by atoms with Gasteiger partial charge in [0, 0.05) is 24.8 Å². The first-order valence-electron chi connectivity index (χ1n) is 20.2. The van der Waals surface area contributed by atoms with E-state index in [9.17, 15) is 5.11 Å². The average molecular weight is 725 g/mol. The third-order valence-corrected chi connectivity index (χ3v) is 11.0. The summed E-state index contributed by atoms with van der Waals surface area (Å²) in [6.07, 6.45) is 25.9. The summed E-state index contributed by atoms with van der Waals surface area (Å²) in [6.45, 7) is 3.56. The maximum absolute atomic E-state index is 12.4. The summed E-state index contributed by atoms with van der Waals surface area (Å²) in [5.41, 5.74) is 2.52. The number of aryl methyl sites for hydroxylation is 1. The van der Waals surface area contributed by atoms with Gasteiger partial charge in [0.15, 0.2) is 0 Å². The zero-order valence-corrected chi connectivity index (χ0v) is 32.6. The highest BCUT2D eigenvalue weighted by Crippen LogP contribution is 2.38. The molecule has 1 atom stereocenters. The maximum atomic E-state index is 12.4. The summed E-state index contributed by atoms with van der Waals surface area (Å²) in [6, 6.07) is 30.4. The molecule has 0 amide bonds. The lowest BCUT2D eigenvalue weighted by atomic mass is 9.78. The van der Waals surface area contributed by atoms with Crippen molar-refractivity contribution < 1.29 is 14.6 Å². The average Bonchev–Trinajstić information content (AvgIpc) is 3.19. The van der Waals surface area contributed by atoms with E-state index in [2.05, 4.69) is 35.1 Å². The van der Waals surface area contributed by atoms with Gasteiger partial charge in [0.05, 0.1) is 6.61 Å². The quantitative estimate of drug-likeness (QED) is 0.0444. The molecule has 1 unspecified atom stereocenters. The van der Waals surface area contributed by atoms with Gasteiger partial charge < -0.3 is 14.6 Å². The molecule has 5 nitrogen and oxygen atoms in total. The number of unbranched alkanes of at least 4 members (excludes halogenated alkanes) is 15. The molecule has 3 aromatic carbocycles. The molecule has 0 aliphatic rings. The monoisotopic (exact) mass is 724 g/mol. The van der Waals surface area contributed by atoms with Crippen LogP contribution < -0.4 is 4.74 Å². The number of aliphatic hydroxyl groups is 1. The van der Waals surface area contributed by atoms with Gasteiger partial charge in [-0.15, -0.1) is 0 Å². The van der Waals surface area contributed by atoms with Crippen molar-refractivity contribution in [3.63, 3.8) is 0 Å². The van der Waals surface area contributed by atoms with Crippen LogP contribution in [0.15, 0.2) is 103 Å². The van der Waals surface area contributed by atoms with Gasteiger partial charge in [0.1, 0.15) is 11.7 Å². The summed E-state index contributed by atoms with van der Waals surface area (Å²) in [7, 11) is 0. The highest BCUT2D eigenvalue weighted by atomic mass is 32.2. The second-order valence-corrected chi connectivity index (χ2v) is 15.2. The Kier molecular flexibility index (Phi) is 20.6. The Morgan fingerprint density at radius 1 is 0.615 bits per heavy atom. The van der Waals surface area contributed by atoms with Crippen molar-refractivity contribution in [1.82, 2.24) is 9.97 Å². The number of thioether (sulfide) groups is 1.